The number of amides is 4. The van der Waals surface area contributed by atoms with Gasteiger partial charge in [0.25, 0.3) is 0 Å². The van der Waals surface area contributed by atoms with Gasteiger partial charge < -0.3 is 42.3 Å². The first-order chi connectivity index (χ1) is 21.0. The third kappa shape index (κ3) is 11.1. The minimum absolute atomic E-state index is 0.0149. The highest BCUT2D eigenvalue weighted by atomic mass is 16.4. The van der Waals surface area contributed by atoms with Crippen LogP contribution in [-0.2, 0) is 43.2 Å². The number of carboxylic acid groups (broad SMARTS) is 1. The molecule has 0 saturated heterocycles. The fourth-order valence-electron chi connectivity index (χ4n) is 4.19. The van der Waals surface area contributed by atoms with Crippen LogP contribution in [-0.4, -0.2) is 76.1 Å². The van der Waals surface area contributed by atoms with E-state index >= 15 is 0 Å². The minimum atomic E-state index is -1.28. The number of carbonyl (C=O) groups is 5. The SMILES string of the molecule is N[C@@H](Cc1ccc(O)cc1)C(=O)NCC(=O)N[C@@H](Cc1ccccc1)C(=O)NCC(=O)N[C@@H](Cc1ccc(O)cc1)C(=O)O. The molecule has 0 aliphatic heterocycles. The number of carbonyl (C=O) groups excluding carboxylic acids is 4. The molecule has 0 heterocycles. The Morgan fingerprint density at radius 1 is 0.591 bits per heavy atom. The van der Waals surface area contributed by atoms with Crippen LogP contribution in [0.1, 0.15) is 16.7 Å². The van der Waals surface area contributed by atoms with E-state index in [1.807, 2.05) is 0 Å². The van der Waals surface area contributed by atoms with Crippen LogP contribution in [0.25, 0.3) is 0 Å². The molecule has 3 rings (SSSR count). The largest absolute Gasteiger partial charge is 0.508 e. The molecule has 3 atom stereocenters. The van der Waals surface area contributed by atoms with Gasteiger partial charge in [0.2, 0.25) is 23.6 Å². The number of hydrogen-bond donors (Lipinski definition) is 8. The molecular formula is C31H35N5O8. The van der Waals surface area contributed by atoms with E-state index in [4.69, 9.17) is 5.73 Å². The normalized spacial score (nSPS) is 12.7. The predicted molar refractivity (Wildman–Crippen MR) is 159 cm³/mol. The Bertz CT molecular complexity index is 1430. The Labute approximate surface area is 253 Å². The number of phenolic OH excluding ortho intramolecular Hbond substituents is 2. The van der Waals surface area contributed by atoms with Crippen molar-refractivity contribution < 1.29 is 39.3 Å². The van der Waals surface area contributed by atoms with Crippen molar-refractivity contribution >= 4 is 29.6 Å². The third-order valence-corrected chi connectivity index (χ3v) is 6.52. The topological polar surface area (TPSA) is 220 Å². The third-order valence-electron chi connectivity index (χ3n) is 6.52. The Morgan fingerprint density at radius 3 is 1.55 bits per heavy atom. The van der Waals surface area contributed by atoms with Crippen LogP contribution in [0.2, 0.25) is 0 Å². The second-order valence-electron chi connectivity index (χ2n) is 10.1. The number of nitrogens with one attached hydrogen (secondary N) is 4. The quantitative estimate of drug-likeness (QED) is 0.114. The maximum atomic E-state index is 13.0. The van der Waals surface area contributed by atoms with Crippen molar-refractivity contribution in [1.82, 2.24) is 21.3 Å². The second-order valence-corrected chi connectivity index (χ2v) is 10.1. The van der Waals surface area contributed by atoms with Crippen LogP contribution >= 0.6 is 0 Å². The van der Waals surface area contributed by atoms with E-state index in [0.29, 0.717) is 11.1 Å². The Morgan fingerprint density at radius 2 is 1.02 bits per heavy atom. The van der Waals surface area contributed by atoms with Gasteiger partial charge >= 0.3 is 5.97 Å². The molecule has 0 aliphatic carbocycles. The van der Waals surface area contributed by atoms with E-state index in [-0.39, 0.29) is 30.8 Å². The van der Waals surface area contributed by atoms with Crippen LogP contribution < -0.4 is 27.0 Å². The summed E-state index contributed by atoms with van der Waals surface area (Å²) in [4.78, 5) is 62.4. The van der Waals surface area contributed by atoms with Gasteiger partial charge in [-0.25, -0.2) is 4.79 Å². The first-order valence-electron chi connectivity index (χ1n) is 13.7. The average molecular weight is 606 g/mol. The molecule has 3 aromatic rings. The van der Waals surface area contributed by atoms with Gasteiger partial charge in [-0.2, -0.15) is 0 Å². The molecule has 9 N–H and O–H groups in total. The van der Waals surface area contributed by atoms with Gasteiger partial charge in [0.1, 0.15) is 23.6 Å². The lowest BCUT2D eigenvalue weighted by Crippen LogP contribution is -2.53. The lowest BCUT2D eigenvalue weighted by Gasteiger charge is -2.20. The lowest BCUT2D eigenvalue weighted by molar-refractivity contribution is -0.141. The number of aliphatic carboxylic acids is 1. The summed E-state index contributed by atoms with van der Waals surface area (Å²) in [6, 6.07) is 17.5. The molecule has 0 radical (unpaired) electrons. The number of benzene rings is 3. The molecule has 0 unspecified atom stereocenters. The van der Waals surface area contributed by atoms with E-state index in [0.717, 1.165) is 5.56 Å². The van der Waals surface area contributed by atoms with Crippen molar-refractivity contribution in [2.45, 2.75) is 37.4 Å². The highest BCUT2D eigenvalue weighted by molar-refractivity contribution is 5.93. The summed E-state index contributed by atoms with van der Waals surface area (Å²) in [5.41, 5.74) is 7.94. The predicted octanol–water partition coefficient (Wildman–Crippen LogP) is -0.260. The molecule has 44 heavy (non-hydrogen) atoms. The van der Waals surface area contributed by atoms with Gasteiger partial charge in [0.15, 0.2) is 0 Å². The molecule has 13 heteroatoms. The second kappa shape index (κ2) is 16.3. The molecule has 4 amide bonds. The number of nitrogens with two attached hydrogens (primary N) is 1. The summed E-state index contributed by atoms with van der Waals surface area (Å²) >= 11 is 0. The molecule has 232 valence electrons. The van der Waals surface area contributed by atoms with Gasteiger partial charge in [0, 0.05) is 12.8 Å². The molecule has 0 saturated carbocycles. The maximum absolute atomic E-state index is 13.0. The molecule has 0 bridgehead atoms. The summed E-state index contributed by atoms with van der Waals surface area (Å²) in [7, 11) is 0. The molecule has 13 nitrogen and oxygen atoms in total. The maximum Gasteiger partial charge on any atom is 0.326 e. The number of carboxylic acids is 1. The minimum Gasteiger partial charge on any atom is -0.508 e. The molecule has 3 aromatic carbocycles. The van der Waals surface area contributed by atoms with Crippen molar-refractivity contribution in [2.75, 3.05) is 13.1 Å². The summed E-state index contributed by atoms with van der Waals surface area (Å²) in [6.07, 6.45) is 0.200. The van der Waals surface area contributed by atoms with Crippen LogP contribution in [0, 0.1) is 0 Å². The van der Waals surface area contributed by atoms with E-state index in [1.54, 1.807) is 42.5 Å². The molecule has 0 aliphatic rings. The highest BCUT2D eigenvalue weighted by Crippen LogP contribution is 2.12. The van der Waals surface area contributed by atoms with Crippen molar-refractivity contribution in [1.29, 1.82) is 0 Å². The van der Waals surface area contributed by atoms with Gasteiger partial charge in [-0.1, -0.05) is 54.6 Å². The zero-order chi connectivity index (χ0) is 32.1. The number of aromatic hydroxyl groups is 2. The zero-order valence-electron chi connectivity index (χ0n) is 23.7. The fourth-order valence-corrected chi connectivity index (χ4v) is 4.19. The Hall–Kier alpha value is -5.43. The standard InChI is InChI=1S/C31H35N5O8/c32-24(14-20-6-10-22(37)11-7-20)29(41)33-17-27(39)35-25(15-19-4-2-1-3-5-19)30(42)34-18-28(40)36-26(31(43)44)16-21-8-12-23(38)13-9-21/h1-13,24-26,37-38H,14-18,32H2,(H,33,41)(H,34,42)(H,35,39)(H,36,40)(H,43,44)/t24-,25-,26-/m0/s1. The summed E-state index contributed by atoms with van der Waals surface area (Å²) in [5, 5.41) is 38.1. The Kier molecular flexibility index (Phi) is 12.2. The average Bonchev–Trinajstić information content (AvgIpc) is 3.00. The zero-order valence-corrected chi connectivity index (χ0v) is 23.7. The van der Waals surface area contributed by atoms with Crippen molar-refractivity contribution in [3.05, 3.63) is 95.6 Å². The van der Waals surface area contributed by atoms with E-state index in [9.17, 15) is 39.3 Å². The number of phenols is 2. The van der Waals surface area contributed by atoms with Gasteiger partial charge in [-0.05, 0) is 47.4 Å². The monoisotopic (exact) mass is 605 g/mol. The first-order valence-corrected chi connectivity index (χ1v) is 13.7. The molecule has 0 spiro atoms. The van der Waals surface area contributed by atoms with Crippen LogP contribution in [0.4, 0.5) is 0 Å². The van der Waals surface area contributed by atoms with E-state index < -0.39 is 60.8 Å². The lowest BCUT2D eigenvalue weighted by atomic mass is 10.0. The molecular weight excluding hydrogens is 570 g/mol. The Balaban J connectivity index is 1.54. The highest BCUT2D eigenvalue weighted by Gasteiger charge is 2.25. The van der Waals surface area contributed by atoms with Gasteiger partial charge in [0.05, 0.1) is 19.1 Å². The summed E-state index contributed by atoms with van der Waals surface area (Å²) < 4.78 is 0. The van der Waals surface area contributed by atoms with Crippen molar-refractivity contribution in [2.24, 2.45) is 5.73 Å². The smallest absolute Gasteiger partial charge is 0.326 e. The van der Waals surface area contributed by atoms with E-state index in [2.05, 4.69) is 21.3 Å². The van der Waals surface area contributed by atoms with Crippen LogP contribution in [0.3, 0.4) is 0 Å². The van der Waals surface area contributed by atoms with Crippen molar-refractivity contribution in [3.8, 4) is 11.5 Å². The first kappa shape index (κ1) is 33.1. The van der Waals surface area contributed by atoms with Crippen LogP contribution in [0.5, 0.6) is 11.5 Å². The number of rotatable bonds is 15. The fraction of sp³-hybridized carbons (Fsp3) is 0.258. The van der Waals surface area contributed by atoms with Crippen molar-refractivity contribution in [3.63, 3.8) is 0 Å². The number of hydrogen-bond acceptors (Lipinski definition) is 8. The van der Waals surface area contributed by atoms with Crippen LogP contribution in [0.15, 0.2) is 78.9 Å². The molecule has 0 aromatic heterocycles. The molecule has 0 fully saturated rings. The van der Waals surface area contributed by atoms with Gasteiger partial charge in [-0.15, -0.1) is 0 Å². The summed E-state index contributed by atoms with van der Waals surface area (Å²) in [6.45, 7) is -1.01. The summed E-state index contributed by atoms with van der Waals surface area (Å²) in [5.74, 6) is -3.90. The van der Waals surface area contributed by atoms with E-state index in [1.165, 1.54) is 36.4 Å². The van der Waals surface area contributed by atoms with Gasteiger partial charge in [-0.3, -0.25) is 19.2 Å².